The Morgan fingerprint density at radius 2 is 1.94 bits per heavy atom. The Morgan fingerprint density at radius 3 is 2.69 bits per heavy atom. The molecule has 0 saturated heterocycles. The molecule has 0 radical (unpaired) electrons. The van der Waals surface area contributed by atoms with E-state index in [0.717, 1.165) is 11.7 Å². The molecule has 1 aliphatic heterocycles. The van der Waals surface area contributed by atoms with Crippen LogP contribution in [0, 0.1) is 6.92 Å². The van der Waals surface area contributed by atoms with E-state index in [1.807, 2.05) is 0 Å². The molecule has 1 nitrogen and oxygen atoms in total. The molecular formula is C15H20O. The van der Waals surface area contributed by atoms with Crippen LogP contribution in [0.1, 0.15) is 61.3 Å². The predicted octanol–water partition coefficient (Wildman–Crippen LogP) is 3.93. The highest BCUT2D eigenvalue weighted by atomic mass is 16.5. The third-order valence-corrected chi connectivity index (χ3v) is 4.50. The van der Waals surface area contributed by atoms with Crippen molar-refractivity contribution in [3.05, 3.63) is 28.3 Å². The molecule has 86 valence electrons. The number of hydrogen-bond acceptors (Lipinski definition) is 1. The normalized spacial score (nSPS) is 31.1. The minimum absolute atomic E-state index is 0.341. The van der Waals surface area contributed by atoms with Crippen molar-refractivity contribution >= 4 is 0 Å². The Hall–Kier alpha value is -0.980. The maximum Gasteiger partial charge on any atom is 0.123 e. The van der Waals surface area contributed by atoms with Crippen LogP contribution >= 0.6 is 0 Å². The lowest BCUT2D eigenvalue weighted by atomic mass is 9.87. The first kappa shape index (κ1) is 10.2. The van der Waals surface area contributed by atoms with Crippen molar-refractivity contribution in [2.75, 3.05) is 0 Å². The van der Waals surface area contributed by atoms with Crippen LogP contribution in [-0.2, 0) is 6.42 Å². The number of aryl methyl sites for hydroxylation is 1. The summed E-state index contributed by atoms with van der Waals surface area (Å²) < 4.78 is 5.97. The summed E-state index contributed by atoms with van der Waals surface area (Å²) in [5.74, 6) is 2.44. The molecule has 3 unspecified atom stereocenters. The van der Waals surface area contributed by atoms with Crippen LogP contribution in [0.5, 0.6) is 5.75 Å². The van der Waals surface area contributed by atoms with Gasteiger partial charge in [0, 0.05) is 11.5 Å². The fraction of sp³-hybridized carbons (Fsp3) is 0.600. The van der Waals surface area contributed by atoms with Gasteiger partial charge in [0.15, 0.2) is 0 Å². The molecule has 0 bridgehead atoms. The van der Waals surface area contributed by atoms with Crippen molar-refractivity contribution in [3.8, 4) is 5.75 Å². The van der Waals surface area contributed by atoms with Gasteiger partial charge in [-0.15, -0.1) is 0 Å². The van der Waals surface area contributed by atoms with Gasteiger partial charge < -0.3 is 4.74 Å². The molecule has 1 aromatic carbocycles. The van der Waals surface area contributed by atoms with Crippen LogP contribution in [0.15, 0.2) is 6.07 Å². The van der Waals surface area contributed by atoms with Crippen molar-refractivity contribution in [1.29, 1.82) is 0 Å². The topological polar surface area (TPSA) is 9.23 Å². The van der Waals surface area contributed by atoms with Gasteiger partial charge in [0.1, 0.15) is 11.9 Å². The lowest BCUT2D eigenvalue weighted by molar-refractivity contribution is 0.232. The monoisotopic (exact) mass is 216 g/mol. The van der Waals surface area contributed by atoms with Crippen LogP contribution < -0.4 is 4.74 Å². The van der Waals surface area contributed by atoms with Crippen molar-refractivity contribution in [3.63, 3.8) is 0 Å². The molecule has 16 heavy (non-hydrogen) atoms. The fourth-order valence-electron chi connectivity index (χ4n) is 3.37. The van der Waals surface area contributed by atoms with E-state index in [2.05, 4.69) is 33.8 Å². The van der Waals surface area contributed by atoms with Crippen LogP contribution in [0.25, 0.3) is 0 Å². The number of fused-ring (bicyclic) bond motifs is 3. The van der Waals surface area contributed by atoms with E-state index in [9.17, 15) is 0 Å². The highest BCUT2D eigenvalue weighted by Gasteiger charge is 2.35. The predicted molar refractivity (Wildman–Crippen MR) is 66.4 cm³/mol. The van der Waals surface area contributed by atoms with E-state index in [-0.39, 0.29) is 0 Å². The summed E-state index contributed by atoms with van der Waals surface area (Å²) >= 11 is 0. The van der Waals surface area contributed by atoms with E-state index in [1.54, 1.807) is 11.1 Å². The van der Waals surface area contributed by atoms with E-state index < -0.39 is 0 Å². The third kappa shape index (κ3) is 1.17. The van der Waals surface area contributed by atoms with Gasteiger partial charge in [-0.3, -0.25) is 0 Å². The van der Waals surface area contributed by atoms with Gasteiger partial charge in [-0.05, 0) is 55.4 Å². The molecule has 1 heteroatoms. The minimum atomic E-state index is 0.341. The van der Waals surface area contributed by atoms with Gasteiger partial charge in [-0.25, -0.2) is 0 Å². The zero-order chi connectivity index (χ0) is 11.4. The highest BCUT2D eigenvalue weighted by Crippen LogP contribution is 2.48. The standard InChI is InChI=1S/C15H20O/c1-8-5-6-12-9(2)7-13-15(14(8)12)10(3)11(4)16-13/h7-8,10-11H,5-6H2,1-4H3. The second-order valence-corrected chi connectivity index (χ2v) is 5.55. The molecule has 3 atom stereocenters. The van der Waals surface area contributed by atoms with Gasteiger partial charge in [0.2, 0.25) is 0 Å². The van der Waals surface area contributed by atoms with Crippen LogP contribution in [0.3, 0.4) is 0 Å². The number of benzene rings is 1. The molecule has 1 heterocycles. The smallest absolute Gasteiger partial charge is 0.123 e. The molecule has 0 spiro atoms. The Kier molecular flexibility index (Phi) is 2.07. The van der Waals surface area contributed by atoms with Crippen molar-refractivity contribution < 1.29 is 4.74 Å². The van der Waals surface area contributed by atoms with Gasteiger partial charge in [-0.2, -0.15) is 0 Å². The zero-order valence-electron chi connectivity index (χ0n) is 10.6. The molecule has 3 rings (SSSR count). The van der Waals surface area contributed by atoms with Crippen LogP contribution in [0.2, 0.25) is 0 Å². The first-order valence-electron chi connectivity index (χ1n) is 6.42. The summed E-state index contributed by atoms with van der Waals surface area (Å²) in [7, 11) is 0. The highest BCUT2D eigenvalue weighted by molar-refractivity contribution is 5.56. The van der Waals surface area contributed by atoms with Gasteiger partial charge >= 0.3 is 0 Å². The lowest BCUT2D eigenvalue weighted by Crippen LogP contribution is -2.11. The molecule has 2 aliphatic rings. The second-order valence-electron chi connectivity index (χ2n) is 5.55. The first-order chi connectivity index (χ1) is 7.59. The summed E-state index contributed by atoms with van der Waals surface area (Å²) in [6.45, 7) is 9.08. The summed E-state index contributed by atoms with van der Waals surface area (Å²) in [6, 6.07) is 2.26. The van der Waals surface area contributed by atoms with Crippen molar-refractivity contribution in [2.45, 2.75) is 58.5 Å². The lowest BCUT2D eigenvalue weighted by Gasteiger charge is -2.15. The van der Waals surface area contributed by atoms with Crippen LogP contribution in [0.4, 0.5) is 0 Å². The summed E-state index contributed by atoms with van der Waals surface area (Å²) in [5.41, 5.74) is 6.17. The molecule has 1 aliphatic carbocycles. The maximum absolute atomic E-state index is 5.97. The first-order valence-corrected chi connectivity index (χ1v) is 6.42. The van der Waals surface area contributed by atoms with Gasteiger partial charge in [-0.1, -0.05) is 13.8 Å². The second kappa shape index (κ2) is 3.26. The average Bonchev–Trinajstić information content (AvgIpc) is 2.72. The molecule has 0 aromatic heterocycles. The molecule has 1 aromatic rings. The largest absolute Gasteiger partial charge is 0.490 e. The third-order valence-electron chi connectivity index (χ3n) is 4.50. The Balaban J connectivity index is 2.26. The summed E-state index contributed by atoms with van der Waals surface area (Å²) in [4.78, 5) is 0. The molecular weight excluding hydrogens is 196 g/mol. The van der Waals surface area contributed by atoms with Crippen LogP contribution in [-0.4, -0.2) is 6.10 Å². The van der Waals surface area contributed by atoms with E-state index in [1.165, 1.54) is 24.0 Å². The molecule has 0 N–H and O–H groups in total. The molecule has 0 amide bonds. The Bertz CT molecular complexity index is 447. The number of rotatable bonds is 0. The summed E-state index contributed by atoms with van der Waals surface area (Å²) in [5, 5.41) is 0. The molecule has 0 saturated carbocycles. The number of hydrogen-bond donors (Lipinski definition) is 0. The minimum Gasteiger partial charge on any atom is -0.490 e. The quantitative estimate of drug-likeness (QED) is 0.638. The maximum atomic E-state index is 5.97. The Labute approximate surface area is 97.8 Å². The van der Waals surface area contributed by atoms with Crippen molar-refractivity contribution in [2.24, 2.45) is 0 Å². The van der Waals surface area contributed by atoms with E-state index >= 15 is 0 Å². The average molecular weight is 216 g/mol. The zero-order valence-corrected chi connectivity index (χ0v) is 10.6. The fourth-order valence-corrected chi connectivity index (χ4v) is 3.37. The summed E-state index contributed by atoms with van der Waals surface area (Å²) in [6.07, 6.45) is 2.92. The van der Waals surface area contributed by atoms with E-state index in [0.29, 0.717) is 12.0 Å². The van der Waals surface area contributed by atoms with Gasteiger partial charge in [0.25, 0.3) is 0 Å². The SMILES string of the molecule is Cc1cc2c(c3c1CCC3C)C(C)C(C)O2. The van der Waals surface area contributed by atoms with E-state index in [4.69, 9.17) is 4.74 Å². The Morgan fingerprint density at radius 1 is 1.19 bits per heavy atom. The van der Waals surface area contributed by atoms with Gasteiger partial charge in [0.05, 0.1) is 0 Å². The van der Waals surface area contributed by atoms with Crippen molar-refractivity contribution in [1.82, 2.24) is 0 Å². The number of ether oxygens (including phenoxy) is 1. The molecule has 0 fully saturated rings.